The van der Waals surface area contributed by atoms with Gasteiger partial charge in [-0.05, 0) is 36.1 Å². The van der Waals surface area contributed by atoms with E-state index in [2.05, 4.69) is 10.9 Å². The molecular weight excluding hydrogens is 366 g/mol. The lowest BCUT2D eigenvalue weighted by Gasteiger charge is -2.28. The van der Waals surface area contributed by atoms with Crippen LogP contribution in [0.3, 0.4) is 0 Å². The Bertz CT molecular complexity index is 872. The van der Waals surface area contributed by atoms with Gasteiger partial charge in [0.05, 0.1) is 5.69 Å². The first kappa shape index (κ1) is 18.8. The van der Waals surface area contributed by atoms with Crippen molar-refractivity contribution in [2.45, 2.75) is 5.75 Å². The van der Waals surface area contributed by atoms with Crippen LogP contribution in [-0.2, 0) is 15.3 Å². The summed E-state index contributed by atoms with van der Waals surface area (Å²) in [5.74, 6) is 0.0969. The number of ether oxygens (including phenoxy) is 1. The lowest BCUT2D eigenvalue weighted by atomic mass is 10.1. The van der Waals surface area contributed by atoms with Gasteiger partial charge in [-0.3, -0.25) is 30.1 Å². The zero-order chi connectivity index (χ0) is 19.2. The zero-order valence-electron chi connectivity index (χ0n) is 14.7. The fourth-order valence-corrected chi connectivity index (χ4v) is 3.19. The molecule has 1 aliphatic heterocycles. The molecule has 0 unspecified atom stereocenters. The minimum absolute atomic E-state index is 0.126. The summed E-state index contributed by atoms with van der Waals surface area (Å²) >= 11 is 1.66. The summed E-state index contributed by atoms with van der Waals surface area (Å²) in [6, 6.07) is 14.2. The van der Waals surface area contributed by atoms with Crippen LogP contribution in [0.25, 0.3) is 0 Å². The Morgan fingerprint density at radius 1 is 1.15 bits per heavy atom. The maximum atomic E-state index is 12.2. The second kappa shape index (κ2) is 8.59. The normalized spacial score (nSPS) is 12.8. The third-order valence-electron chi connectivity index (χ3n) is 3.93. The van der Waals surface area contributed by atoms with Crippen LogP contribution in [0.2, 0.25) is 0 Å². The molecule has 27 heavy (non-hydrogen) atoms. The van der Waals surface area contributed by atoms with Gasteiger partial charge in [-0.25, -0.2) is 0 Å². The van der Waals surface area contributed by atoms with Crippen molar-refractivity contribution >= 4 is 35.2 Å². The molecular formula is C19H19N3O4S. The summed E-state index contributed by atoms with van der Waals surface area (Å²) in [5.41, 5.74) is 6.74. The molecule has 0 atom stereocenters. The van der Waals surface area contributed by atoms with Gasteiger partial charge in [0.2, 0.25) is 0 Å². The first-order valence-corrected chi connectivity index (χ1v) is 9.67. The summed E-state index contributed by atoms with van der Waals surface area (Å²) in [6.45, 7) is -0.342. The van der Waals surface area contributed by atoms with Crippen molar-refractivity contribution in [2.75, 3.05) is 24.3 Å². The Balaban J connectivity index is 1.59. The Kier molecular flexibility index (Phi) is 5.97. The molecule has 2 aromatic rings. The van der Waals surface area contributed by atoms with Crippen LogP contribution in [0, 0.1) is 0 Å². The second-order valence-corrected chi connectivity index (χ2v) is 6.74. The van der Waals surface area contributed by atoms with Crippen molar-refractivity contribution in [3.05, 3.63) is 59.7 Å². The number of hydrogen-bond donors (Lipinski definition) is 2. The number of benzene rings is 2. The quantitative estimate of drug-likeness (QED) is 0.766. The van der Waals surface area contributed by atoms with Crippen LogP contribution in [0.1, 0.15) is 15.9 Å². The number of anilines is 1. The first-order chi connectivity index (χ1) is 13.1. The Morgan fingerprint density at radius 3 is 2.78 bits per heavy atom. The molecule has 3 rings (SSSR count). The van der Waals surface area contributed by atoms with Gasteiger partial charge in [0.15, 0.2) is 6.61 Å². The second-order valence-electron chi connectivity index (χ2n) is 5.87. The van der Waals surface area contributed by atoms with E-state index in [1.54, 1.807) is 54.2 Å². The monoisotopic (exact) mass is 385 g/mol. The number of nitrogens with one attached hydrogen (secondary N) is 2. The largest absolute Gasteiger partial charge is 0.482 e. The fourth-order valence-electron chi connectivity index (χ4n) is 2.68. The molecule has 3 amide bonds. The predicted molar refractivity (Wildman–Crippen MR) is 104 cm³/mol. The molecule has 0 radical (unpaired) electrons. The van der Waals surface area contributed by atoms with Gasteiger partial charge < -0.3 is 4.74 Å². The SMILES string of the molecule is CSCc1cccc(C(=O)NNC(=O)CN2C(=O)COc3ccccc32)c1. The van der Waals surface area contributed by atoms with E-state index in [0.717, 1.165) is 11.3 Å². The van der Waals surface area contributed by atoms with E-state index in [1.165, 1.54) is 4.90 Å². The van der Waals surface area contributed by atoms with E-state index in [-0.39, 0.29) is 19.1 Å². The molecule has 0 aliphatic carbocycles. The number of fused-ring (bicyclic) bond motifs is 1. The topological polar surface area (TPSA) is 87.7 Å². The average molecular weight is 385 g/mol. The molecule has 0 spiro atoms. The van der Waals surface area contributed by atoms with Gasteiger partial charge in [-0.1, -0.05) is 24.3 Å². The minimum atomic E-state index is -0.506. The summed E-state index contributed by atoms with van der Waals surface area (Å²) in [6.07, 6.45) is 1.98. The molecule has 2 N–H and O–H groups in total. The molecule has 1 heterocycles. The number of amides is 3. The molecule has 0 aromatic heterocycles. The third-order valence-corrected chi connectivity index (χ3v) is 4.55. The molecule has 7 nitrogen and oxygen atoms in total. The fraction of sp³-hybridized carbons (Fsp3) is 0.211. The number of nitrogens with zero attached hydrogens (tertiary/aromatic N) is 1. The summed E-state index contributed by atoms with van der Waals surface area (Å²) in [5, 5.41) is 0. The summed E-state index contributed by atoms with van der Waals surface area (Å²) in [7, 11) is 0. The Morgan fingerprint density at radius 2 is 1.96 bits per heavy atom. The molecule has 8 heteroatoms. The van der Waals surface area contributed by atoms with E-state index in [4.69, 9.17) is 4.74 Å². The van der Waals surface area contributed by atoms with Gasteiger partial charge in [-0.2, -0.15) is 11.8 Å². The third kappa shape index (κ3) is 4.59. The highest BCUT2D eigenvalue weighted by Crippen LogP contribution is 2.31. The Hall–Kier alpha value is -3.00. The van der Waals surface area contributed by atoms with Gasteiger partial charge in [0, 0.05) is 11.3 Å². The van der Waals surface area contributed by atoms with Crippen molar-refractivity contribution in [1.82, 2.24) is 10.9 Å². The standard InChI is InChI=1S/C19H19N3O4S/c1-27-12-13-5-4-6-14(9-13)19(25)21-20-17(23)10-22-15-7-2-3-8-16(15)26-11-18(22)24/h2-9H,10-12H2,1H3,(H,20,23)(H,21,25). The van der Waals surface area contributed by atoms with Gasteiger partial charge in [-0.15, -0.1) is 0 Å². The van der Waals surface area contributed by atoms with E-state index < -0.39 is 11.8 Å². The number of thioether (sulfide) groups is 1. The predicted octanol–water partition coefficient (Wildman–Crippen LogP) is 1.74. The number of carbonyl (C=O) groups is 3. The molecule has 0 bridgehead atoms. The first-order valence-electron chi connectivity index (χ1n) is 8.27. The highest BCUT2D eigenvalue weighted by atomic mass is 32.2. The van der Waals surface area contributed by atoms with Gasteiger partial charge in [0.25, 0.3) is 17.7 Å². The summed E-state index contributed by atoms with van der Waals surface area (Å²) < 4.78 is 5.34. The molecule has 0 saturated carbocycles. The minimum Gasteiger partial charge on any atom is -0.482 e. The van der Waals surface area contributed by atoms with Crippen LogP contribution in [0.15, 0.2) is 48.5 Å². The highest BCUT2D eigenvalue weighted by molar-refractivity contribution is 7.97. The lowest BCUT2D eigenvalue weighted by Crippen LogP contribution is -2.49. The van der Waals surface area contributed by atoms with Crippen LogP contribution in [0.5, 0.6) is 5.75 Å². The van der Waals surface area contributed by atoms with Gasteiger partial charge in [0.1, 0.15) is 12.3 Å². The lowest BCUT2D eigenvalue weighted by molar-refractivity contribution is -0.125. The van der Waals surface area contributed by atoms with E-state index in [0.29, 0.717) is 17.0 Å². The number of carbonyl (C=O) groups excluding carboxylic acids is 3. The zero-order valence-corrected chi connectivity index (χ0v) is 15.5. The molecule has 1 aliphatic rings. The number of hydrogen-bond acceptors (Lipinski definition) is 5. The van der Waals surface area contributed by atoms with Crippen molar-refractivity contribution in [2.24, 2.45) is 0 Å². The Labute approximate surface area is 161 Å². The van der Waals surface area contributed by atoms with Crippen molar-refractivity contribution in [3.8, 4) is 5.75 Å². The molecule has 140 valence electrons. The van der Waals surface area contributed by atoms with Crippen LogP contribution in [0.4, 0.5) is 5.69 Å². The van der Waals surface area contributed by atoms with Crippen molar-refractivity contribution < 1.29 is 19.1 Å². The maximum Gasteiger partial charge on any atom is 0.269 e. The number of rotatable bonds is 5. The maximum absolute atomic E-state index is 12.2. The highest BCUT2D eigenvalue weighted by Gasteiger charge is 2.27. The van der Waals surface area contributed by atoms with E-state index >= 15 is 0 Å². The van der Waals surface area contributed by atoms with Crippen LogP contribution < -0.4 is 20.5 Å². The van der Waals surface area contributed by atoms with Crippen molar-refractivity contribution in [1.29, 1.82) is 0 Å². The average Bonchev–Trinajstić information content (AvgIpc) is 2.69. The van der Waals surface area contributed by atoms with Crippen LogP contribution in [-0.4, -0.2) is 37.1 Å². The van der Waals surface area contributed by atoms with Crippen LogP contribution >= 0.6 is 11.8 Å². The smallest absolute Gasteiger partial charge is 0.269 e. The number of para-hydroxylation sites is 2. The molecule has 2 aromatic carbocycles. The van der Waals surface area contributed by atoms with E-state index in [1.807, 2.05) is 12.3 Å². The van der Waals surface area contributed by atoms with E-state index in [9.17, 15) is 14.4 Å². The van der Waals surface area contributed by atoms with Crippen molar-refractivity contribution in [3.63, 3.8) is 0 Å². The van der Waals surface area contributed by atoms with Gasteiger partial charge >= 0.3 is 0 Å². The summed E-state index contributed by atoms with van der Waals surface area (Å²) in [4.78, 5) is 37.9. The molecule has 0 saturated heterocycles. The molecule has 0 fully saturated rings. The number of hydrazine groups is 1.